The van der Waals surface area contributed by atoms with Crippen LogP contribution in [0.2, 0.25) is 0 Å². The van der Waals surface area contributed by atoms with E-state index in [1.807, 2.05) is 0 Å². The summed E-state index contributed by atoms with van der Waals surface area (Å²) >= 11 is 0. The molecule has 0 unspecified atom stereocenters. The number of ether oxygens (including phenoxy) is 1. The van der Waals surface area contributed by atoms with E-state index in [2.05, 4.69) is 29.3 Å². The van der Waals surface area contributed by atoms with E-state index in [0.29, 0.717) is 0 Å². The Morgan fingerprint density at radius 1 is 0.812 bits per heavy atom. The summed E-state index contributed by atoms with van der Waals surface area (Å²) in [5.41, 5.74) is 0. The van der Waals surface area contributed by atoms with Gasteiger partial charge in [0.1, 0.15) is 0 Å². The summed E-state index contributed by atoms with van der Waals surface area (Å²) in [7, 11) is 0. The summed E-state index contributed by atoms with van der Waals surface area (Å²) in [4.78, 5) is 37.5. The molecule has 16 heavy (non-hydrogen) atoms. The van der Waals surface area contributed by atoms with E-state index in [4.69, 9.17) is 0 Å². The fraction of sp³-hybridized carbons (Fsp3) is 0.750. The quantitative estimate of drug-likeness (QED) is 0.407. The molecule has 0 aromatic heterocycles. The van der Waals surface area contributed by atoms with Crippen molar-refractivity contribution in [3.63, 3.8) is 0 Å². The highest BCUT2D eigenvalue weighted by atomic mass is 17.5. The second-order valence-corrected chi connectivity index (χ2v) is 3.13. The summed E-state index contributed by atoms with van der Waals surface area (Å²) in [6.07, 6.45) is -3.18. The van der Waals surface area contributed by atoms with Crippen molar-refractivity contribution in [3.8, 4) is 0 Å². The minimum absolute atomic E-state index is 0.334. The molecule has 8 heteroatoms. The molecule has 0 aliphatic carbocycles. The van der Waals surface area contributed by atoms with Gasteiger partial charge in [-0.25, -0.2) is 14.6 Å². The summed E-state index contributed by atoms with van der Waals surface area (Å²) in [6.45, 7) is 6.47. The first-order chi connectivity index (χ1) is 7.41. The van der Waals surface area contributed by atoms with Crippen LogP contribution < -0.4 is 0 Å². The Morgan fingerprint density at radius 2 is 1.38 bits per heavy atom. The van der Waals surface area contributed by atoms with Gasteiger partial charge in [-0.1, -0.05) is 0 Å². The van der Waals surface area contributed by atoms with Crippen LogP contribution >= 0.6 is 0 Å². The molecule has 94 valence electrons. The minimum atomic E-state index is -1.31. The van der Waals surface area contributed by atoms with Crippen LogP contribution in [0.15, 0.2) is 0 Å². The monoisotopic (exact) mass is 238 g/mol. The molecule has 0 heterocycles. The molecule has 0 saturated carbocycles. The number of hydrogen-bond acceptors (Lipinski definition) is 8. The predicted octanol–water partition coefficient (Wildman–Crippen LogP) is 1.89. The van der Waals surface area contributed by atoms with Crippen molar-refractivity contribution in [1.29, 1.82) is 0 Å². The Balaban J connectivity index is 3.50. The van der Waals surface area contributed by atoms with Gasteiger partial charge in [-0.05, 0) is 27.7 Å². The van der Waals surface area contributed by atoms with Crippen molar-refractivity contribution >= 4 is 12.3 Å². The topological polar surface area (TPSA) is 89.5 Å². The fourth-order valence-electron chi connectivity index (χ4n) is 0.434. The molecular weight excluding hydrogens is 224 g/mol. The van der Waals surface area contributed by atoms with Crippen LogP contribution in [0.25, 0.3) is 0 Å². The molecule has 0 amide bonds. The standard InChI is InChI=1S/C8H14O8/c1-5(2)11-7(9)14-16-15-8(10)13-12-6(3)4/h5-6H,1-4H3. The number of carbonyl (C=O) groups is 2. The lowest BCUT2D eigenvalue weighted by atomic mass is 10.5. The third-order valence-corrected chi connectivity index (χ3v) is 0.845. The molecule has 0 aromatic carbocycles. The highest BCUT2D eigenvalue weighted by molar-refractivity contribution is 5.59. The summed E-state index contributed by atoms with van der Waals surface area (Å²) in [6, 6.07) is 0. The third-order valence-electron chi connectivity index (χ3n) is 0.845. The molecule has 0 aromatic rings. The normalized spacial score (nSPS) is 10.1. The first kappa shape index (κ1) is 14.5. The van der Waals surface area contributed by atoms with E-state index in [0.717, 1.165) is 0 Å². The van der Waals surface area contributed by atoms with Gasteiger partial charge < -0.3 is 4.74 Å². The van der Waals surface area contributed by atoms with Gasteiger partial charge in [0.25, 0.3) is 0 Å². The fourth-order valence-corrected chi connectivity index (χ4v) is 0.434. The second-order valence-electron chi connectivity index (χ2n) is 3.13. The molecule has 0 aliphatic rings. The van der Waals surface area contributed by atoms with Crippen molar-refractivity contribution < 1.29 is 38.9 Å². The zero-order valence-corrected chi connectivity index (χ0v) is 9.42. The lowest BCUT2D eigenvalue weighted by molar-refractivity contribution is -0.469. The van der Waals surface area contributed by atoms with Crippen LogP contribution in [0.5, 0.6) is 0 Å². The van der Waals surface area contributed by atoms with Gasteiger partial charge in [0, 0.05) is 0 Å². The minimum Gasteiger partial charge on any atom is -0.430 e. The van der Waals surface area contributed by atoms with Gasteiger partial charge in [-0.15, -0.1) is 0 Å². The Morgan fingerprint density at radius 3 is 1.88 bits per heavy atom. The van der Waals surface area contributed by atoms with Crippen molar-refractivity contribution in [2.24, 2.45) is 0 Å². The van der Waals surface area contributed by atoms with Crippen LogP contribution in [0.3, 0.4) is 0 Å². The molecule has 0 fully saturated rings. The molecule has 0 saturated heterocycles. The maximum Gasteiger partial charge on any atom is 0.575 e. The smallest absolute Gasteiger partial charge is 0.430 e. The molecule has 0 aliphatic heterocycles. The molecular formula is C8H14O8. The third kappa shape index (κ3) is 9.03. The number of hydrogen-bond donors (Lipinski definition) is 0. The number of carbonyl (C=O) groups excluding carboxylic acids is 2. The molecule has 0 radical (unpaired) electrons. The Kier molecular flexibility index (Phi) is 6.97. The van der Waals surface area contributed by atoms with E-state index < -0.39 is 12.3 Å². The molecule has 0 N–H and O–H groups in total. The van der Waals surface area contributed by atoms with Gasteiger partial charge in [0.05, 0.1) is 17.2 Å². The summed E-state index contributed by atoms with van der Waals surface area (Å²) in [5.74, 6) is 0. The van der Waals surface area contributed by atoms with Gasteiger partial charge in [0.15, 0.2) is 0 Å². The zero-order chi connectivity index (χ0) is 12.6. The maximum atomic E-state index is 10.7. The first-order valence-electron chi connectivity index (χ1n) is 4.51. The number of rotatable bonds is 5. The van der Waals surface area contributed by atoms with Crippen molar-refractivity contribution in [2.45, 2.75) is 39.9 Å². The van der Waals surface area contributed by atoms with Crippen LogP contribution in [0.4, 0.5) is 9.59 Å². The van der Waals surface area contributed by atoms with E-state index in [9.17, 15) is 9.59 Å². The lowest BCUT2D eigenvalue weighted by Crippen LogP contribution is -2.16. The molecule has 8 nitrogen and oxygen atoms in total. The van der Waals surface area contributed by atoms with Crippen LogP contribution in [0.1, 0.15) is 27.7 Å². The Labute approximate surface area is 92.1 Å². The molecule has 0 bridgehead atoms. The van der Waals surface area contributed by atoms with E-state index in [-0.39, 0.29) is 12.2 Å². The summed E-state index contributed by atoms with van der Waals surface area (Å²) < 4.78 is 4.48. The van der Waals surface area contributed by atoms with Crippen LogP contribution in [0, 0.1) is 0 Å². The lowest BCUT2D eigenvalue weighted by Gasteiger charge is -2.06. The average molecular weight is 238 g/mol. The first-order valence-corrected chi connectivity index (χ1v) is 4.51. The highest BCUT2D eigenvalue weighted by Gasteiger charge is 2.13. The maximum absolute atomic E-state index is 10.7. The summed E-state index contributed by atoms with van der Waals surface area (Å²) in [5, 5.41) is 3.76. The largest absolute Gasteiger partial charge is 0.575 e. The van der Waals surface area contributed by atoms with Crippen molar-refractivity contribution in [2.75, 3.05) is 0 Å². The predicted molar refractivity (Wildman–Crippen MR) is 47.6 cm³/mol. The second kappa shape index (κ2) is 7.71. The van der Waals surface area contributed by atoms with Gasteiger partial charge in [0.2, 0.25) is 0 Å². The van der Waals surface area contributed by atoms with E-state index in [1.165, 1.54) is 0 Å². The van der Waals surface area contributed by atoms with Crippen LogP contribution in [-0.4, -0.2) is 24.5 Å². The van der Waals surface area contributed by atoms with E-state index >= 15 is 0 Å². The van der Waals surface area contributed by atoms with Gasteiger partial charge in [-0.3, -0.25) is 4.89 Å². The molecule has 0 spiro atoms. The van der Waals surface area contributed by atoms with E-state index in [1.54, 1.807) is 27.7 Å². The highest BCUT2D eigenvalue weighted by Crippen LogP contribution is 1.97. The van der Waals surface area contributed by atoms with Crippen molar-refractivity contribution in [3.05, 3.63) is 0 Å². The SMILES string of the molecule is CC(C)OOC(=O)OOOC(=O)OC(C)C. The van der Waals surface area contributed by atoms with Gasteiger partial charge in [-0.2, -0.15) is 9.68 Å². The molecule has 0 atom stereocenters. The Bertz CT molecular complexity index is 224. The van der Waals surface area contributed by atoms with Crippen LogP contribution in [-0.2, 0) is 29.3 Å². The van der Waals surface area contributed by atoms with Gasteiger partial charge >= 0.3 is 12.3 Å². The average Bonchev–Trinajstić information content (AvgIpc) is 2.13. The Hall–Kier alpha value is -1.54. The van der Waals surface area contributed by atoms with Crippen molar-refractivity contribution in [1.82, 2.24) is 0 Å². The zero-order valence-electron chi connectivity index (χ0n) is 9.42. The molecule has 0 rings (SSSR count).